The van der Waals surface area contributed by atoms with Crippen LogP contribution < -0.4 is 10.0 Å². The van der Waals surface area contributed by atoms with E-state index in [-0.39, 0.29) is 16.7 Å². The second-order valence-electron chi connectivity index (χ2n) is 6.61. The third-order valence-electron chi connectivity index (χ3n) is 4.31. The minimum Gasteiger partial charge on any atom is -0.326 e. The number of fused-ring (bicyclic) bond motifs is 1. The van der Waals surface area contributed by atoms with Crippen molar-refractivity contribution < 1.29 is 13.2 Å². The van der Waals surface area contributed by atoms with Crippen LogP contribution >= 0.6 is 0 Å². The van der Waals surface area contributed by atoms with Gasteiger partial charge in [0, 0.05) is 17.3 Å². The molecule has 0 radical (unpaired) electrons. The number of benzene rings is 2. The zero-order valence-corrected chi connectivity index (χ0v) is 15.2. The number of sulfonamides is 1. The van der Waals surface area contributed by atoms with Gasteiger partial charge < -0.3 is 5.32 Å². The van der Waals surface area contributed by atoms with Gasteiger partial charge in [-0.3, -0.25) is 9.52 Å². The van der Waals surface area contributed by atoms with Crippen molar-refractivity contribution in [3.05, 3.63) is 53.6 Å². The van der Waals surface area contributed by atoms with Crippen LogP contribution in [-0.4, -0.2) is 14.3 Å². The first-order chi connectivity index (χ1) is 11.8. The summed E-state index contributed by atoms with van der Waals surface area (Å²) in [5.41, 5.74) is 3.46. The Labute approximate surface area is 148 Å². The van der Waals surface area contributed by atoms with E-state index in [0.29, 0.717) is 11.4 Å². The van der Waals surface area contributed by atoms with E-state index in [1.807, 2.05) is 19.9 Å². The molecule has 6 heteroatoms. The number of nitrogens with one attached hydrogen (secondary N) is 2. The Hall–Kier alpha value is -2.34. The van der Waals surface area contributed by atoms with Gasteiger partial charge in [0.2, 0.25) is 5.91 Å². The van der Waals surface area contributed by atoms with Gasteiger partial charge in [-0.1, -0.05) is 19.9 Å². The molecule has 1 aliphatic carbocycles. The molecule has 0 atom stereocenters. The molecular weight excluding hydrogens is 336 g/mol. The summed E-state index contributed by atoms with van der Waals surface area (Å²) in [4.78, 5) is 12.0. The molecule has 0 spiro atoms. The summed E-state index contributed by atoms with van der Waals surface area (Å²) in [6.45, 7) is 3.63. The molecule has 0 unspecified atom stereocenters. The highest BCUT2D eigenvalue weighted by Gasteiger charge is 2.18. The van der Waals surface area contributed by atoms with Crippen molar-refractivity contribution >= 4 is 27.3 Å². The molecule has 1 amide bonds. The molecular formula is C19H22N2O3S. The monoisotopic (exact) mass is 358 g/mol. The summed E-state index contributed by atoms with van der Waals surface area (Å²) in [6.07, 6.45) is 3.03. The number of carbonyl (C=O) groups is 1. The van der Waals surface area contributed by atoms with Crippen LogP contribution in [0.3, 0.4) is 0 Å². The third-order valence-corrected chi connectivity index (χ3v) is 5.69. The van der Waals surface area contributed by atoms with E-state index < -0.39 is 10.0 Å². The maximum atomic E-state index is 12.6. The topological polar surface area (TPSA) is 75.3 Å². The molecule has 0 saturated heterocycles. The quantitative estimate of drug-likeness (QED) is 0.858. The molecule has 0 fully saturated rings. The number of hydrogen-bond acceptors (Lipinski definition) is 3. The van der Waals surface area contributed by atoms with Crippen LogP contribution in [0.5, 0.6) is 0 Å². The minimum atomic E-state index is -3.62. The van der Waals surface area contributed by atoms with Crippen LogP contribution in [0.4, 0.5) is 11.4 Å². The lowest BCUT2D eigenvalue weighted by Crippen LogP contribution is -2.17. The molecule has 3 rings (SSSR count). The second-order valence-corrected chi connectivity index (χ2v) is 8.29. The lowest BCUT2D eigenvalue weighted by atomic mass is 10.1. The van der Waals surface area contributed by atoms with E-state index >= 15 is 0 Å². The smallest absolute Gasteiger partial charge is 0.261 e. The van der Waals surface area contributed by atoms with Crippen molar-refractivity contribution in [1.29, 1.82) is 0 Å². The standard InChI is InChI=1S/C19H22N2O3S/c1-13(2)19(22)20-16-7-9-17(10-8-16)21-25(23,24)18-11-6-14-4-3-5-15(14)12-18/h6-13,21H,3-5H2,1-2H3,(H,20,22). The van der Waals surface area contributed by atoms with Crippen molar-refractivity contribution in [3.8, 4) is 0 Å². The van der Waals surface area contributed by atoms with Crippen LogP contribution in [0, 0.1) is 5.92 Å². The van der Waals surface area contributed by atoms with Gasteiger partial charge in [-0.05, 0) is 66.8 Å². The fraction of sp³-hybridized carbons (Fsp3) is 0.316. The van der Waals surface area contributed by atoms with Crippen LogP contribution in [0.25, 0.3) is 0 Å². The zero-order chi connectivity index (χ0) is 18.0. The number of aryl methyl sites for hydroxylation is 2. The number of carbonyl (C=O) groups excluding carboxylic acids is 1. The summed E-state index contributed by atoms with van der Waals surface area (Å²) < 4.78 is 27.7. The van der Waals surface area contributed by atoms with Crippen molar-refractivity contribution in [2.24, 2.45) is 5.92 Å². The Bertz CT molecular complexity index is 887. The fourth-order valence-electron chi connectivity index (χ4n) is 2.84. The van der Waals surface area contributed by atoms with Gasteiger partial charge in [0.25, 0.3) is 10.0 Å². The number of anilines is 2. The van der Waals surface area contributed by atoms with Gasteiger partial charge in [0.05, 0.1) is 4.90 Å². The maximum absolute atomic E-state index is 12.6. The minimum absolute atomic E-state index is 0.0773. The molecule has 2 N–H and O–H groups in total. The Morgan fingerprint density at radius 3 is 2.28 bits per heavy atom. The molecule has 2 aromatic rings. The van der Waals surface area contributed by atoms with E-state index in [1.165, 1.54) is 5.56 Å². The molecule has 2 aromatic carbocycles. The fourth-order valence-corrected chi connectivity index (χ4v) is 3.95. The third kappa shape index (κ3) is 4.02. The second kappa shape index (κ2) is 6.88. The summed E-state index contributed by atoms with van der Waals surface area (Å²) in [5, 5.41) is 2.78. The molecule has 0 aromatic heterocycles. The largest absolute Gasteiger partial charge is 0.326 e. The van der Waals surface area contributed by atoms with E-state index in [9.17, 15) is 13.2 Å². The highest BCUT2D eigenvalue weighted by atomic mass is 32.2. The normalized spacial score (nSPS) is 13.6. The Morgan fingerprint density at radius 1 is 0.960 bits per heavy atom. The van der Waals surface area contributed by atoms with Crippen molar-refractivity contribution in [1.82, 2.24) is 0 Å². The molecule has 0 bridgehead atoms. The van der Waals surface area contributed by atoms with E-state index in [0.717, 1.165) is 24.8 Å². The van der Waals surface area contributed by atoms with Gasteiger partial charge >= 0.3 is 0 Å². The molecule has 0 saturated carbocycles. The SMILES string of the molecule is CC(C)C(=O)Nc1ccc(NS(=O)(=O)c2ccc3c(c2)CCC3)cc1. The average molecular weight is 358 g/mol. The highest BCUT2D eigenvalue weighted by molar-refractivity contribution is 7.92. The van der Waals surface area contributed by atoms with Gasteiger partial charge in [-0.2, -0.15) is 0 Å². The van der Waals surface area contributed by atoms with Crippen LogP contribution in [0.2, 0.25) is 0 Å². The molecule has 5 nitrogen and oxygen atoms in total. The molecule has 0 heterocycles. The number of hydrogen-bond donors (Lipinski definition) is 2. The van der Waals surface area contributed by atoms with Crippen LogP contribution in [0.1, 0.15) is 31.4 Å². The highest BCUT2D eigenvalue weighted by Crippen LogP contribution is 2.26. The summed E-state index contributed by atoms with van der Waals surface area (Å²) in [6, 6.07) is 12.0. The predicted molar refractivity (Wildman–Crippen MR) is 99.2 cm³/mol. The molecule has 25 heavy (non-hydrogen) atoms. The Balaban J connectivity index is 1.74. The first-order valence-corrected chi connectivity index (χ1v) is 9.89. The predicted octanol–water partition coefficient (Wildman–Crippen LogP) is 3.57. The van der Waals surface area contributed by atoms with Crippen LogP contribution in [0.15, 0.2) is 47.4 Å². The van der Waals surface area contributed by atoms with E-state index in [1.54, 1.807) is 36.4 Å². The zero-order valence-electron chi connectivity index (χ0n) is 14.4. The van der Waals surface area contributed by atoms with Crippen LogP contribution in [-0.2, 0) is 27.7 Å². The van der Waals surface area contributed by atoms with E-state index in [2.05, 4.69) is 10.0 Å². The Kier molecular flexibility index (Phi) is 4.81. The summed E-state index contributed by atoms with van der Waals surface area (Å²) >= 11 is 0. The lowest BCUT2D eigenvalue weighted by Gasteiger charge is -2.11. The first kappa shape index (κ1) is 17.5. The van der Waals surface area contributed by atoms with Crippen molar-refractivity contribution in [3.63, 3.8) is 0 Å². The van der Waals surface area contributed by atoms with Crippen molar-refractivity contribution in [2.75, 3.05) is 10.0 Å². The van der Waals surface area contributed by atoms with Gasteiger partial charge in [0.1, 0.15) is 0 Å². The van der Waals surface area contributed by atoms with Gasteiger partial charge in [0.15, 0.2) is 0 Å². The van der Waals surface area contributed by atoms with Gasteiger partial charge in [-0.15, -0.1) is 0 Å². The average Bonchev–Trinajstić information content (AvgIpc) is 3.04. The Morgan fingerprint density at radius 2 is 1.60 bits per heavy atom. The number of rotatable bonds is 5. The first-order valence-electron chi connectivity index (χ1n) is 8.41. The summed E-state index contributed by atoms with van der Waals surface area (Å²) in [5.74, 6) is -0.190. The van der Waals surface area contributed by atoms with E-state index in [4.69, 9.17) is 0 Å². The number of amides is 1. The molecule has 0 aliphatic heterocycles. The summed E-state index contributed by atoms with van der Waals surface area (Å²) in [7, 11) is -3.62. The maximum Gasteiger partial charge on any atom is 0.261 e. The molecule has 1 aliphatic rings. The molecule has 132 valence electrons. The lowest BCUT2D eigenvalue weighted by molar-refractivity contribution is -0.118. The van der Waals surface area contributed by atoms with Gasteiger partial charge in [-0.25, -0.2) is 8.42 Å². The van der Waals surface area contributed by atoms with Crippen molar-refractivity contribution in [2.45, 2.75) is 38.0 Å².